The molecule has 0 aliphatic carbocycles. The van der Waals surface area contributed by atoms with E-state index in [1.54, 1.807) is 6.08 Å². The molecule has 0 aliphatic rings. The van der Waals surface area contributed by atoms with Crippen molar-refractivity contribution >= 4 is 0 Å². The molecular formula is C9H22O3Ti. The van der Waals surface area contributed by atoms with Crippen molar-refractivity contribution in [2.24, 2.45) is 0 Å². The molecule has 2 N–H and O–H groups in total. The molecule has 0 saturated heterocycles. The van der Waals surface area contributed by atoms with E-state index in [2.05, 4.69) is 13.5 Å². The Bertz CT molecular complexity index is 52.1. The van der Waals surface area contributed by atoms with Crippen LogP contribution in [-0.2, 0) is 26.5 Å². The van der Waals surface area contributed by atoms with Crippen LogP contribution < -0.4 is 0 Å². The average molecular weight is 226 g/mol. The van der Waals surface area contributed by atoms with Gasteiger partial charge in [-0.25, -0.2) is 0 Å². The van der Waals surface area contributed by atoms with Crippen molar-refractivity contribution in [1.82, 2.24) is 0 Å². The van der Waals surface area contributed by atoms with E-state index in [0.29, 0.717) is 6.61 Å². The van der Waals surface area contributed by atoms with Gasteiger partial charge in [-0.15, -0.1) is 6.58 Å². The molecule has 0 radical (unpaired) electrons. The van der Waals surface area contributed by atoms with Crippen LogP contribution in [0.3, 0.4) is 0 Å². The van der Waals surface area contributed by atoms with Crippen LogP contribution in [0.4, 0.5) is 0 Å². The van der Waals surface area contributed by atoms with Gasteiger partial charge in [-0.2, -0.15) is 6.42 Å². The van der Waals surface area contributed by atoms with E-state index in [0.717, 1.165) is 27.2 Å². The van der Waals surface area contributed by atoms with Gasteiger partial charge in [0.05, 0.1) is 6.61 Å². The van der Waals surface area contributed by atoms with Crippen LogP contribution in [0, 0.1) is 14.4 Å². The molecule has 80 valence electrons. The quantitative estimate of drug-likeness (QED) is 0.326. The Morgan fingerprint density at radius 2 is 1.69 bits per heavy atom. The summed E-state index contributed by atoms with van der Waals surface area (Å²) in [6.45, 7) is 8.48. The fourth-order valence-corrected chi connectivity index (χ4v) is 0.269. The summed E-state index contributed by atoms with van der Waals surface area (Å²) in [4.78, 5) is 0. The molecule has 4 heteroatoms. The first-order valence-electron chi connectivity index (χ1n) is 3.29. The maximum atomic E-state index is 7.00. The first-order chi connectivity index (χ1) is 5.41. The minimum absolute atomic E-state index is 0. The van der Waals surface area contributed by atoms with Gasteiger partial charge in [0, 0.05) is 20.8 Å². The average Bonchev–Trinajstić information content (AvgIpc) is 2.13. The summed E-state index contributed by atoms with van der Waals surface area (Å²) < 4.78 is 4.95. The van der Waals surface area contributed by atoms with E-state index < -0.39 is 0 Å². The Morgan fingerprint density at radius 1 is 1.31 bits per heavy atom. The monoisotopic (exact) mass is 226 g/mol. The maximum absolute atomic E-state index is 7.00. The standard InChI is InChI=1S/C6H11O.2CH4O.CH3.Ti/c1-3-5-7-6-4-2;2*1-2;;/h3H,1-2,4-6H2;2*2H,1H3;1H3;/q-1;;;-1;+2. The van der Waals surface area contributed by atoms with Crippen molar-refractivity contribution in [3.63, 3.8) is 0 Å². The van der Waals surface area contributed by atoms with Crippen molar-refractivity contribution in [2.75, 3.05) is 27.4 Å². The predicted octanol–water partition coefficient (Wildman–Crippen LogP) is 1.08. The summed E-state index contributed by atoms with van der Waals surface area (Å²) in [7, 11) is 2.00. The van der Waals surface area contributed by atoms with Crippen LogP contribution in [0.2, 0.25) is 0 Å². The topological polar surface area (TPSA) is 49.7 Å². The summed E-state index contributed by atoms with van der Waals surface area (Å²) in [5.74, 6) is 0. The van der Waals surface area contributed by atoms with Crippen LogP contribution in [0.15, 0.2) is 12.7 Å². The van der Waals surface area contributed by atoms with Crippen LogP contribution in [0.25, 0.3) is 0 Å². The molecule has 0 aliphatic heterocycles. The summed E-state index contributed by atoms with van der Waals surface area (Å²) in [6.07, 6.45) is 2.57. The minimum Gasteiger partial charge on any atom is -0.400 e. The molecule has 0 aromatic heterocycles. The molecule has 0 amide bonds. The molecule has 0 spiro atoms. The third-order valence-corrected chi connectivity index (χ3v) is 0.524. The van der Waals surface area contributed by atoms with Crippen LogP contribution >= 0.6 is 0 Å². The van der Waals surface area contributed by atoms with Crippen molar-refractivity contribution in [1.29, 1.82) is 0 Å². The number of hydrogen-bond acceptors (Lipinski definition) is 3. The summed E-state index contributed by atoms with van der Waals surface area (Å²) in [5.41, 5.74) is 0. The van der Waals surface area contributed by atoms with Gasteiger partial charge < -0.3 is 29.3 Å². The van der Waals surface area contributed by atoms with E-state index in [4.69, 9.17) is 14.9 Å². The second-order valence-electron chi connectivity index (χ2n) is 1.22. The smallest absolute Gasteiger partial charge is 0.400 e. The van der Waals surface area contributed by atoms with E-state index in [1.165, 1.54) is 0 Å². The second-order valence-corrected chi connectivity index (χ2v) is 1.22. The third-order valence-electron chi connectivity index (χ3n) is 0.524. The number of hydrogen-bond donors (Lipinski definition) is 2. The molecule has 0 bridgehead atoms. The molecular weight excluding hydrogens is 204 g/mol. The van der Waals surface area contributed by atoms with Gasteiger partial charge in [-0.1, -0.05) is 6.08 Å². The number of ether oxygens (including phenoxy) is 1. The van der Waals surface area contributed by atoms with E-state index in [9.17, 15) is 0 Å². The van der Waals surface area contributed by atoms with E-state index in [-0.39, 0.29) is 29.1 Å². The number of aliphatic hydroxyl groups excluding tert-OH is 2. The molecule has 0 atom stereocenters. The summed E-state index contributed by atoms with van der Waals surface area (Å²) in [5, 5.41) is 14.0. The molecule has 0 heterocycles. The van der Waals surface area contributed by atoms with Crippen LogP contribution in [0.1, 0.15) is 6.42 Å². The zero-order valence-electron chi connectivity index (χ0n) is 8.92. The first-order valence-corrected chi connectivity index (χ1v) is 3.29. The van der Waals surface area contributed by atoms with Crippen LogP contribution in [0.5, 0.6) is 0 Å². The largest absolute Gasteiger partial charge is 2.00 e. The summed E-state index contributed by atoms with van der Waals surface area (Å²) in [6, 6.07) is 0. The molecule has 0 unspecified atom stereocenters. The predicted molar refractivity (Wildman–Crippen MR) is 53.7 cm³/mol. The van der Waals surface area contributed by atoms with Gasteiger partial charge in [0.1, 0.15) is 0 Å². The number of rotatable bonds is 4. The minimum atomic E-state index is 0. The van der Waals surface area contributed by atoms with Crippen molar-refractivity contribution in [2.45, 2.75) is 6.42 Å². The van der Waals surface area contributed by atoms with Crippen molar-refractivity contribution in [3.8, 4) is 0 Å². The van der Waals surface area contributed by atoms with E-state index in [1.807, 2.05) is 0 Å². The summed E-state index contributed by atoms with van der Waals surface area (Å²) >= 11 is 0. The normalized spacial score (nSPS) is 5.62. The van der Waals surface area contributed by atoms with Crippen LogP contribution in [-0.4, -0.2) is 37.6 Å². The molecule has 0 rings (SSSR count). The Hall–Kier alpha value is 0.334. The van der Waals surface area contributed by atoms with Gasteiger partial charge in [-0.3, -0.25) is 0 Å². The zero-order valence-corrected chi connectivity index (χ0v) is 10.5. The third kappa shape index (κ3) is 70.1. The zero-order chi connectivity index (χ0) is 9.54. The van der Waals surface area contributed by atoms with Gasteiger partial charge in [0.15, 0.2) is 0 Å². The maximum Gasteiger partial charge on any atom is 2.00 e. The second kappa shape index (κ2) is 55.7. The van der Waals surface area contributed by atoms with Gasteiger partial charge in [-0.05, 0) is 0 Å². The fourth-order valence-electron chi connectivity index (χ4n) is 0.269. The molecule has 0 fully saturated rings. The Kier molecular flexibility index (Phi) is 125. The molecule has 0 aromatic carbocycles. The first kappa shape index (κ1) is 29.2. The van der Waals surface area contributed by atoms with E-state index >= 15 is 0 Å². The fraction of sp³-hybridized carbons (Fsp3) is 0.556. The number of aliphatic hydroxyl groups is 2. The van der Waals surface area contributed by atoms with Crippen molar-refractivity contribution < 1.29 is 36.7 Å². The van der Waals surface area contributed by atoms with Gasteiger partial charge in [0.25, 0.3) is 0 Å². The van der Waals surface area contributed by atoms with Crippen molar-refractivity contribution in [3.05, 3.63) is 27.0 Å². The SMILES string of the molecule is C=CCOCC[CH2-].CO.CO.[CH3-].[Ti+2]. The molecule has 0 aromatic rings. The van der Waals surface area contributed by atoms with Gasteiger partial charge in [0.2, 0.25) is 0 Å². The Labute approximate surface area is 97.7 Å². The molecule has 0 saturated carbocycles. The molecule has 3 nitrogen and oxygen atoms in total. The molecule has 13 heavy (non-hydrogen) atoms. The Balaban J connectivity index is -0.0000000315. The van der Waals surface area contributed by atoms with Gasteiger partial charge >= 0.3 is 21.7 Å². The Morgan fingerprint density at radius 3 is 1.92 bits per heavy atom.